The number of hydrogen-bond acceptors (Lipinski definition) is 10. The molecule has 37 heavy (non-hydrogen) atoms. The molecule has 0 atom stereocenters. The molecule has 1 fully saturated rings. The van der Waals surface area contributed by atoms with E-state index in [0.29, 0.717) is 33.9 Å². The number of nitrogens with two attached hydrogens (primary N) is 1. The minimum Gasteiger partial charge on any atom is -0.383 e. The molecule has 4 N–H and O–H groups in total. The van der Waals surface area contributed by atoms with Crippen LogP contribution in [0, 0.1) is 0 Å². The number of pyridine rings is 2. The van der Waals surface area contributed by atoms with E-state index in [0.717, 1.165) is 37.3 Å². The van der Waals surface area contributed by atoms with Gasteiger partial charge in [0.2, 0.25) is 5.95 Å². The number of nitrogen functional groups attached to an aromatic ring is 1. The zero-order valence-corrected chi connectivity index (χ0v) is 21.1. The summed E-state index contributed by atoms with van der Waals surface area (Å²) in [6.45, 7) is 7.38. The van der Waals surface area contributed by atoms with Gasteiger partial charge in [-0.05, 0) is 49.5 Å². The predicted octanol–water partition coefficient (Wildman–Crippen LogP) is 3.05. The fraction of sp³-hybridized carbons (Fsp3) is 0.200. The largest absolute Gasteiger partial charge is 0.383 e. The van der Waals surface area contributed by atoms with Crippen molar-refractivity contribution in [1.82, 2.24) is 24.8 Å². The highest BCUT2D eigenvalue weighted by atomic mass is 32.2. The Kier molecular flexibility index (Phi) is 6.59. The minimum absolute atomic E-state index is 0.286. The molecule has 1 aliphatic rings. The second kappa shape index (κ2) is 9.99. The monoisotopic (exact) mass is 517 g/mol. The van der Waals surface area contributed by atoms with Crippen LogP contribution in [0.25, 0.3) is 22.3 Å². The van der Waals surface area contributed by atoms with Gasteiger partial charge < -0.3 is 20.9 Å². The van der Waals surface area contributed by atoms with E-state index in [2.05, 4.69) is 65.5 Å². The Morgan fingerprint density at radius 2 is 1.70 bits per heavy atom. The van der Waals surface area contributed by atoms with Crippen molar-refractivity contribution < 1.29 is 8.42 Å². The predicted molar refractivity (Wildman–Crippen MR) is 147 cm³/mol. The minimum atomic E-state index is -3.67. The fourth-order valence-electron chi connectivity index (χ4n) is 4.10. The molecular weight excluding hydrogens is 490 g/mol. The highest BCUT2D eigenvalue weighted by Crippen LogP contribution is 2.30. The molecule has 3 aromatic heterocycles. The maximum atomic E-state index is 11.9. The van der Waals surface area contributed by atoms with Crippen LogP contribution in [-0.2, 0) is 10.0 Å². The normalized spacial score (nSPS) is 14.5. The molecule has 0 spiro atoms. The number of likely N-dealkylation sites (N-methyl/N-ethyl adjacent to an activating group) is 1. The molecule has 0 radical (unpaired) electrons. The maximum absolute atomic E-state index is 11.9. The first kappa shape index (κ1) is 24.4. The van der Waals surface area contributed by atoms with Gasteiger partial charge >= 0.3 is 0 Å². The van der Waals surface area contributed by atoms with E-state index in [1.54, 1.807) is 18.3 Å². The topological polar surface area (TPSA) is 142 Å². The first-order valence-corrected chi connectivity index (χ1v) is 13.2. The lowest BCUT2D eigenvalue weighted by molar-refractivity contribution is 0.313. The highest BCUT2D eigenvalue weighted by Gasteiger charge is 2.16. The maximum Gasteiger partial charge on any atom is 0.254 e. The molecule has 0 aliphatic carbocycles. The molecule has 11 nitrogen and oxygen atoms in total. The van der Waals surface area contributed by atoms with Crippen molar-refractivity contribution in [2.45, 2.75) is 0 Å². The van der Waals surface area contributed by atoms with Gasteiger partial charge in [-0.1, -0.05) is 6.58 Å². The number of benzene rings is 1. The van der Waals surface area contributed by atoms with Crippen LogP contribution in [-0.4, -0.2) is 66.5 Å². The molecule has 1 saturated heterocycles. The van der Waals surface area contributed by atoms with Crippen LogP contribution in [0.15, 0.2) is 66.8 Å². The quantitative estimate of drug-likeness (QED) is 0.335. The summed E-state index contributed by atoms with van der Waals surface area (Å²) in [6, 6.07) is 13.0. The molecule has 0 amide bonds. The van der Waals surface area contributed by atoms with Gasteiger partial charge in [-0.2, -0.15) is 4.98 Å². The summed E-state index contributed by atoms with van der Waals surface area (Å²) in [5, 5.41) is 4.67. The zero-order valence-electron chi connectivity index (χ0n) is 20.3. The summed E-state index contributed by atoms with van der Waals surface area (Å²) in [5.74, 6) is 0.601. The number of rotatable bonds is 7. The molecular formula is C25H27N9O2S. The summed E-state index contributed by atoms with van der Waals surface area (Å²) in [5.41, 5.74) is 9.94. The van der Waals surface area contributed by atoms with Crippen LogP contribution >= 0.6 is 0 Å². The molecule has 5 rings (SSSR count). The van der Waals surface area contributed by atoms with Gasteiger partial charge in [0.15, 0.2) is 0 Å². The van der Waals surface area contributed by atoms with Gasteiger partial charge in [-0.25, -0.2) is 13.4 Å². The standard InChI is InChI=1S/C25H27N9O2S/c1-3-37(35,36)32-18-8-10-27-21(16-18)23-22-20(9-11-28-23)24(26)31-25(30-22)29-17-4-6-19(7-5-17)34-14-12-33(2)13-15-34/h3-11,16H,1,12-15H2,2H3,(H,27,32)(H3,26,29,30,31). The second-order valence-electron chi connectivity index (χ2n) is 8.69. The van der Waals surface area contributed by atoms with Gasteiger partial charge in [0, 0.05) is 60.7 Å². The van der Waals surface area contributed by atoms with Crippen molar-refractivity contribution in [3.63, 3.8) is 0 Å². The lowest BCUT2D eigenvalue weighted by Gasteiger charge is -2.34. The van der Waals surface area contributed by atoms with E-state index in [4.69, 9.17) is 5.73 Å². The van der Waals surface area contributed by atoms with Gasteiger partial charge in [0.1, 0.15) is 17.0 Å². The van der Waals surface area contributed by atoms with Crippen LogP contribution < -0.4 is 20.7 Å². The van der Waals surface area contributed by atoms with Crippen LogP contribution in [0.3, 0.4) is 0 Å². The molecule has 0 bridgehead atoms. The van der Waals surface area contributed by atoms with E-state index < -0.39 is 10.0 Å². The van der Waals surface area contributed by atoms with E-state index >= 15 is 0 Å². The fourth-order valence-corrected chi connectivity index (χ4v) is 4.64. The lowest BCUT2D eigenvalue weighted by atomic mass is 10.1. The molecule has 0 saturated carbocycles. The number of sulfonamides is 1. The van der Waals surface area contributed by atoms with Crippen molar-refractivity contribution in [1.29, 1.82) is 0 Å². The molecule has 4 heterocycles. The number of nitrogens with one attached hydrogen (secondary N) is 2. The summed E-state index contributed by atoms with van der Waals surface area (Å²) in [6.07, 6.45) is 3.08. The first-order valence-electron chi connectivity index (χ1n) is 11.7. The third kappa shape index (κ3) is 5.44. The molecule has 1 aromatic carbocycles. The van der Waals surface area contributed by atoms with Crippen molar-refractivity contribution in [2.75, 3.05) is 53.9 Å². The second-order valence-corrected chi connectivity index (χ2v) is 10.3. The van der Waals surface area contributed by atoms with E-state index in [-0.39, 0.29) is 5.82 Å². The number of hydrogen-bond donors (Lipinski definition) is 3. The first-order chi connectivity index (χ1) is 17.8. The average molecular weight is 518 g/mol. The number of anilines is 5. The Hall–Kier alpha value is -4.29. The van der Waals surface area contributed by atoms with Gasteiger partial charge in [0.05, 0.1) is 11.4 Å². The Morgan fingerprint density at radius 1 is 0.973 bits per heavy atom. The Balaban J connectivity index is 1.44. The molecule has 1 aliphatic heterocycles. The molecule has 0 unspecified atom stereocenters. The summed E-state index contributed by atoms with van der Waals surface area (Å²) < 4.78 is 26.2. The highest BCUT2D eigenvalue weighted by molar-refractivity contribution is 7.95. The summed E-state index contributed by atoms with van der Waals surface area (Å²) in [4.78, 5) is 22.6. The van der Waals surface area contributed by atoms with Gasteiger partial charge in [-0.15, -0.1) is 0 Å². The number of nitrogens with zero attached hydrogens (tertiary/aromatic N) is 6. The lowest BCUT2D eigenvalue weighted by Crippen LogP contribution is -2.44. The number of aromatic nitrogens is 4. The van der Waals surface area contributed by atoms with E-state index in [1.165, 1.54) is 18.0 Å². The Labute approximate surface area is 215 Å². The average Bonchev–Trinajstić information content (AvgIpc) is 2.89. The van der Waals surface area contributed by atoms with Crippen molar-refractivity contribution >= 4 is 49.8 Å². The van der Waals surface area contributed by atoms with Crippen LogP contribution in [0.5, 0.6) is 0 Å². The SMILES string of the molecule is C=CS(=O)(=O)Nc1ccnc(-c2nccc3c(N)nc(Nc4ccc(N5CCN(C)CC5)cc4)nc23)c1. The van der Waals surface area contributed by atoms with Gasteiger partial charge in [-0.3, -0.25) is 14.7 Å². The van der Waals surface area contributed by atoms with Crippen molar-refractivity contribution in [3.05, 3.63) is 66.8 Å². The van der Waals surface area contributed by atoms with Gasteiger partial charge in [0.25, 0.3) is 10.0 Å². The Morgan fingerprint density at radius 3 is 2.43 bits per heavy atom. The molecule has 190 valence electrons. The smallest absolute Gasteiger partial charge is 0.254 e. The van der Waals surface area contributed by atoms with Crippen molar-refractivity contribution in [3.8, 4) is 11.4 Å². The number of piperazine rings is 1. The van der Waals surface area contributed by atoms with Crippen LogP contribution in [0.1, 0.15) is 0 Å². The summed E-state index contributed by atoms with van der Waals surface area (Å²) >= 11 is 0. The van der Waals surface area contributed by atoms with Crippen LogP contribution in [0.4, 0.5) is 28.8 Å². The number of fused-ring (bicyclic) bond motifs is 1. The third-order valence-electron chi connectivity index (χ3n) is 6.12. The molecule has 4 aromatic rings. The van der Waals surface area contributed by atoms with E-state index in [9.17, 15) is 8.42 Å². The van der Waals surface area contributed by atoms with E-state index in [1.807, 2.05) is 12.1 Å². The third-order valence-corrected chi connectivity index (χ3v) is 7.08. The van der Waals surface area contributed by atoms with Crippen molar-refractivity contribution in [2.24, 2.45) is 0 Å². The van der Waals surface area contributed by atoms with Crippen LogP contribution in [0.2, 0.25) is 0 Å². The Bertz CT molecular complexity index is 1550. The summed E-state index contributed by atoms with van der Waals surface area (Å²) in [7, 11) is -1.53. The zero-order chi connectivity index (χ0) is 26.0. The molecule has 12 heteroatoms.